The van der Waals surface area contributed by atoms with E-state index < -0.39 is 12.6 Å². The largest absolute Gasteiger partial charge is 0.497 e. The van der Waals surface area contributed by atoms with E-state index in [0.717, 1.165) is 22.1 Å². The van der Waals surface area contributed by atoms with Gasteiger partial charge in [0.2, 0.25) is 0 Å². The first-order valence-electron chi connectivity index (χ1n) is 9.48. The number of likely N-dealkylation sites (N-methyl/N-ethyl adjacent to an activating group) is 1. The van der Waals surface area contributed by atoms with Crippen LogP contribution in [0, 0.1) is 5.82 Å². The van der Waals surface area contributed by atoms with Crippen LogP contribution in [0.25, 0.3) is 16.8 Å². The van der Waals surface area contributed by atoms with Gasteiger partial charge in [-0.2, -0.15) is 0 Å². The molecule has 0 fully saturated rings. The third kappa shape index (κ3) is 5.23. The fraction of sp³-hybridized carbons (Fsp3) is 0.167. The second-order valence-corrected chi connectivity index (χ2v) is 6.53. The molecular formula is C24H22FNO4. The van der Waals surface area contributed by atoms with E-state index in [4.69, 9.17) is 9.47 Å². The number of hydrogen-bond acceptors (Lipinski definition) is 4. The maximum absolute atomic E-state index is 13.1. The second-order valence-electron chi connectivity index (χ2n) is 6.53. The lowest BCUT2D eigenvalue weighted by Gasteiger charge is -2.20. The molecule has 0 heterocycles. The number of methoxy groups -OCH3 is 1. The molecule has 5 nitrogen and oxygen atoms in total. The average Bonchev–Trinajstić information content (AvgIpc) is 2.77. The Morgan fingerprint density at radius 3 is 2.40 bits per heavy atom. The van der Waals surface area contributed by atoms with Crippen LogP contribution in [0.2, 0.25) is 0 Å². The monoisotopic (exact) mass is 407 g/mol. The van der Waals surface area contributed by atoms with E-state index in [1.165, 1.54) is 35.2 Å². The van der Waals surface area contributed by atoms with E-state index in [1.54, 1.807) is 20.1 Å². The van der Waals surface area contributed by atoms with E-state index in [1.807, 2.05) is 36.4 Å². The average molecular weight is 407 g/mol. The molecule has 3 aromatic rings. The van der Waals surface area contributed by atoms with Crippen molar-refractivity contribution in [2.75, 3.05) is 25.2 Å². The van der Waals surface area contributed by atoms with Crippen LogP contribution >= 0.6 is 0 Å². The highest BCUT2D eigenvalue weighted by molar-refractivity contribution is 5.96. The number of halogens is 1. The highest BCUT2D eigenvalue weighted by Crippen LogP contribution is 2.22. The fourth-order valence-electron chi connectivity index (χ4n) is 3.02. The van der Waals surface area contributed by atoms with Gasteiger partial charge in [-0.25, -0.2) is 9.18 Å². The summed E-state index contributed by atoms with van der Waals surface area (Å²) in [6.07, 6.45) is 2.92. The molecule has 0 unspecified atom stereocenters. The molecule has 0 saturated carbocycles. The standard InChI is InChI=1S/C24H22FNO4/c1-3-26(21-10-8-20(25)9-11-21)23(27)16-30-24(28)13-5-17-4-6-19-15-22(29-2)12-7-18(19)14-17/h4-15H,3,16H2,1-2H3/b13-5+. The molecule has 0 aliphatic heterocycles. The lowest BCUT2D eigenvalue weighted by Crippen LogP contribution is -2.34. The number of esters is 1. The summed E-state index contributed by atoms with van der Waals surface area (Å²) in [5.41, 5.74) is 1.38. The zero-order valence-corrected chi connectivity index (χ0v) is 16.8. The highest BCUT2D eigenvalue weighted by Gasteiger charge is 2.15. The Morgan fingerprint density at radius 2 is 1.70 bits per heavy atom. The molecule has 3 rings (SSSR count). The summed E-state index contributed by atoms with van der Waals surface area (Å²) in [4.78, 5) is 25.8. The number of anilines is 1. The number of hydrogen-bond donors (Lipinski definition) is 0. The Balaban J connectivity index is 1.59. The molecule has 0 N–H and O–H groups in total. The third-order valence-electron chi connectivity index (χ3n) is 4.58. The lowest BCUT2D eigenvalue weighted by atomic mass is 10.1. The van der Waals surface area contributed by atoms with Crippen molar-refractivity contribution in [1.82, 2.24) is 0 Å². The Labute approximate surface area is 174 Å². The van der Waals surface area contributed by atoms with Crippen LogP contribution in [-0.2, 0) is 14.3 Å². The first-order valence-corrected chi connectivity index (χ1v) is 9.48. The van der Waals surface area contributed by atoms with Crippen LogP contribution in [-0.4, -0.2) is 32.1 Å². The minimum absolute atomic E-state index is 0.375. The molecule has 0 aliphatic carbocycles. The van der Waals surface area contributed by atoms with Crippen LogP contribution in [0.1, 0.15) is 12.5 Å². The van der Waals surface area contributed by atoms with E-state index in [2.05, 4.69) is 0 Å². The molecule has 1 amide bonds. The molecule has 6 heteroatoms. The number of ether oxygens (including phenoxy) is 2. The van der Waals surface area contributed by atoms with Crippen molar-refractivity contribution in [3.8, 4) is 5.75 Å². The number of fused-ring (bicyclic) bond motifs is 1. The molecule has 0 bridgehead atoms. The maximum atomic E-state index is 13.1. The topological polar surface area (TPSA) is 55.8 Å². The van der Waals surface area contributed by atoms with Gasteiger partial charge in [-0.1, -0.05) is 18.2 Å². The molecule has 3 aromatic carbocycles. The van der Waals surface area contributed by atoms with Gasteiger partial charge in [0, 0.05) is 18.3 Å². The number of nitrogens with zero attached hydrogens (tertiary/aromatic N) is 1. The van der Waals surface area contributed by atoms with Crippen LogP contribution in [0.15, 0.2) is 66.7 Å². The van der Waals surface area contributed by atoms with Crippen molar-refractivity contribution in [2.45, 2.75) is 6.92 Å². The van der Waals surface area contributed by atoms with Crippen molar-refractivity contribution >= 4 is 34.4 Å². The smallest absolute Gasteiger partial charge is 0.331 e. The molecule has 0 spiro atoms. The van der Waals surface area contributed by atoms with Gasteiger partial charge in [0.15, 0.2) is 6.61 Å². The molecule has 0 radical (unpaired) electrons. The molecule has 0 aromatic heterocycles. The summed E-state index contributed by atoms with van der Waals surface area (Å²) in [6, 6.07) is 17.1. The molecule has 0 saturated heterocycles. The van der Waals surface area contributed by atoms with Crippen LogP contribution < -0.4 is 9.64 Å². The van der Waals surface area contributed by atoms with Crippen molar-refractivity contribution in [3.63, 3.8) is 0 Å². The van der Waals surface area contributed by atoms with Crippen LogP contribution in [0.4, 0.5) is 10.1 Å². The Kier molecular flexibility index (Phi) is 6.80. The van der Waals surface area contributed by atoms with E-state index >= 15 is 0 Å². The Hall–Kier alpha value is -3.67. The normalized spacial score (nSPS) is 10.9. The number of carbonyl (C=O) groups excluding carboxylic acids is 2. The van der Waals surface area contributed by atoms with Gasteiger partial charge in [0.25, 0.3) is 5.91 Å². The highest BCUT2D eigenvalue weighted by atomic mass is 19.1. The summed E-state index contributed by atoms with van der Waals surface area (Å²) in [5.74, 6) is -0.605. The predicted octanol–water partition coefficient (Wildman–Crippen LogP) is 4.60. The van der Waals surface area contributed by atoms with Gasteiger partial charge in [-0.05, 0) is 71.8 Å². The number of benzene rings is 3. The van der Waals surface area contributed by atoms with Crippen molar-refractivity contribution in [1.29, 1.82) is 0 Å². The van der Waals surface area contributed by atoms with Crippen molar-refractivity contribution < 1.29 is 23.5 Å². The summed E-state index contributed by atoms with van der Waals surface area (Å²) in [5, 5.41) is 2.04. The predicted molar refractivity (Wildman–Crippen MR) is 115 cm³/mol. The maximum Gasteiger partial charge on any atom is 0.331 e. The zero-order valence-electron chi connectivity index (χ0n) is 16.8. The van der Waals surface area contributed by atoms with E-state index in [-0.39, 0.29) is 11.7 Å². The van der Waals surface area contributed by atoms with Crippen LogP contribution in [0.3, 0.4) is 0 Å². The Bertz CT molecular complexity index is 1080. The van der Waals surface area contributed by atoms with Crippen molar-refractivity contribution in [2.24, 2.45) is 0 Å². The van der Waals surface area contributed by atoms with Crippen LogP contribution in [0.5, 0.6) is 5.75 Å². The fourth-order valence-corrected chi connectivity index (χ4v) is 3.02. The first-order chi connectivity index (χ1) is 14.5. The van der Waals surface area contributed by atoms with E-state index in [0.29, 0.717) is 12.2 Å². The number of amides is 1. The van der Waals surface area contributed by atoms with Gasteiger partial charge in [-0.15, -0.1) is 0 Å². The van der Waals surface area contributed by atoms with E-state index in [9.17, 15) is 14.0 Å². The van der Waals surface area contributed by atoms with Gasteiger partial charge in [-0.3, -0.25) is 4.79 Å². The lowest BCUT2D eigenvalue weighted by molar-refractivity contribution is -0.142. The molecule has 0 atom stereocenters. The summed E-state index contributed by atoms with van der Waals surface area (Å²) in [6.45, 7) is 1.77. The number of carbonyl (C=O) groups is 2. The summed E-state index contributed by atoms with van der Waals surface area (Å²) >= 11 is 0. The van der Waals surface area contributed by atoms with Gasteiger partial charge < -0.3 is 14.4 Å². The SMILES string of the molecule is CCN(C(=O)COC(=O)/C=C/c1ccc2cc(OC)ccc2c1)c1ccc(F)cc1. The van der Waals surface area contributed by atoms with Gasteiger partial charge >= 0.3 is 5.97 Å². The third-order valence-corrected chi connectivity index (χ3v) is 4.58. The first kappa shape index (κ1) is 21.0. The second kappa shape index (κ2) is 9.69. The summed E-state index contributed by atoms with van der Waals surface area (Å²) < 4.78 is 23.3. The molecule has 30 heavy (non-hydrogen) atoms. The summed E-state index contributed by atoms with van der Waals surface area (Å²) in [7, 11) is 1.62. The quantitative estimate of drug-likeness (QED) is 0.424. The molecular weight excluding hydrogens is 385 g/mol. The number of rotatable bonds is 7. The van der Waals surface area contributed by atoms with Gasteiger partial charge in [0.05, 0.1) is 7.11 Å². The molecule has 0 aliphatic rings. The zero-order chi connectivity index (χ0) is 21.5. The Morgan fingerprint density at radius 1 is 1.00 bits per heavy atom. The minimum atomic E-state index is -0.617. The van der Waals surface area contributed by atoms with Gasteiger partial charge in [0.1, 0.15) is 11.6 Å². The minimum Gasteiger partial charge on any atom is -0.497 e. The molecule has 154 valence electrons. The van der Waals surface area contributed by atoms with Crippen molar-refractivity contribution in [3.05, 3.63) is 78.1 Å².